The monoisotopic (exact) mass is 341 g/mol. The molecule has 1 fully saturated rings. The fraction of sp³-hybridized carbons (Fsp3) is 0.462. The molecule has 1 aromatic heterocycles. The Morgan fingerprint density at radius 3 is 2.25 bits per heavy atom. The van der Waals surface area contributed by atoms with E-state index in [0.717, 1.165) is 30.7 Å². The number of H-pyrrole nitrogens is 1. The van der Waals surface area contributed by atoms with Crippen molar-refractivity contribution in [3.8, 4) is 0 Å². The SMILES string of the molecule is CC(=O)O[C@@H]1[C@H](OC(C)=O)[C@@H](C(N)=O)O[C@H]1n1ccc(=O)[nH]c1=O. The smallest absolute Gasteiger partial charge is 0.330 e. The van der Waals surface area contributed by atoms with Gasteiger partial charge >= 0.3 is 17.6 Å². The first-order valence-corrected chi connectivity index (χ1v) is 6.81. The van der Waals surface area contributed by atoms with E-state index in [4.69, 9.17) is 19.9 Å². The van der Waals surface area contributed by atoms with Gasteiger partial charge in [-0.25, -0.2) is 4.79 Å². The molecule has 0 saturated carbocycles. The average Bonchev–Trinajstić information content (AvgIpc) is 2.76. The van der Waals surface area contributed by atoms with Gasteiger partial charge in [0.25, 0.3) is 11.5 Å². The fourth-order valence-corrected chi connectivity index (χ4v) is 2.36. The van der Waals surface area contributed by atoms with Gasteiger partial charge in [-0.15, -0.1) is 0 Å². The summed E-state index contributed by atoms with van der Waals surface area (Å²) in [5.41, 5.74) is 3.70. The lowest BCUT2D eigenvalue weighted by Gasteiger charge is -2.23. The fourth-order valence-electron chi connectivity index (χ4n) is 2.36. The number of ether oxygens (including phenoxy) is 3. The molecule has 2 heterocycles. The molecule has 24 heavy (non-hydrogen) atoms. The molecule has 2 rings (SSSR count). The first kappa shape index (κ1) is 17.4. The number of nitrogens with two attached hydrogens (primary N) is 1. The summed E-state index contributed by atoms with van der Waals surface area (Å²) in [6.45, 7) is 2.18. The van der Waals surface area contributed by atoms with Gasteiger partial charge in [0.15, 0.2) is 24.5 Å². The van der Waals surface area contributed by atoms with Crippen LogP contribution in [-0.2, 0) is 28.6 Å². The lowest BCUT2D eigenvalue weighted by Crippen LogP contribution is -2.44. The van der Waals surface area contributed by atoms with E-state index < -0.39 is 53.6 Å². The van der Waals surface area contributed by atoms with Crippen molar-refractivity contribution in [3.63, 3.8) is 0 Å². The van der Waals surface area contributed by atoms with Crippen LogP contribution in [0.25, 0.3) is 0 Å². The predicted molar refractivity (Wildman–Crippen MR) is 75.5 cm³/mol. The number of amides is 1. The summed E-state index contributed by atoms with van der Waals surface area (Å²) in [6, 6.07) is 1.04. The molecule has 0 unspecified atom stereocenters. The molecule has 11 heteroatoms. The number of carbonyl (C=O) groups is 3. The van der Waals surface area contributed by atoms with E-state index in [1.54, 1.807) is 0 Å². The van der Waals surface area contributed by atoms with Crippen molar-refractivity contribution in [2.24, 2.45) is 5.73 Å². The molecule has 0 aromatic carbocycles. The number of aromatic amines is 1. The molecule has 0 bridgehead atoms. The minimum absolute atomic E-state index is 0.652. The molecule has 0 aliphatic carbocycles. The highest BCUT2D eigenvalue weighted by molar-refractivity contribution is 5.81. The Labute approximate surface area is 134 Å². The molecule has 0 spiro atoms. The first-order valence-electron chi connectivity index (χ1n) is 6.81. The number of esters is 2. The largest absolute Gasteiger partial charge is 0.455 e. The van der Waals surface area contributed by atoms with Gasteiger partial charge in [0, 0.05) is 26.1 Å². The number of hydrogen-bond donors (Lipinski definition) is 2. The second-order valence-corrected chi connectivity index (χ2v) is 5.02. The molecular weight excluding hydrogens is 326 g/mol. The highest BCUT2D eigenvalue weighted by Crippen LogP contribution is 2.33. The van der Waals surface area contributed by atoms with Crippen LogP contribution in [0.3, 0.4) is 0 Å². The predicted octanol–water partition coefficient (Wildman–Crippen LogP) is -2.22. The van der Waals surface area contributed by atoms with Crippen molar-refractivity contribution in [3.05, 3.63) is 33.1 Å². The van der Waals surface area contributed by atoms with Crippen LogP contribution < -0.4 is 17.0 Å². The second-order valence-electron chi connectivity index (χ2n) is 5.02. The van der Waals surface area contributed by atoms with Crippen LogP contribution in [0.1, 0.15) is 20.1 Å². The molecule has 1 aliphatic rings. The van der Waals surface area contributed by atoms with E-state index in [0.29, 0.717) is 0 Å². The lowest BCUT2D eigenvalue weighted by atomic mass is 10.1. The van der Waals surface area contributed by atoms with Gasteiger partial charge in [0.05, 0.1) is 0 Å². The number of primary amides is 1. The maximum atomic E-state index is 11.9. The number of hydrogen-bond acceptors (Lipinski definition) is 8. The molecule has 4 atom stereocenters. The van der Waals surface area contributed by atoms with E-state index in [9.17, 15) is 24.0 Å². The van der Waals surface area contributed by atoms with Crippen LogP contribution in [0.4, 0.5) is 0 Å². The topological polar surface area (TPSA) is 160 Å². The number of nitrogens with zero attached hydrogens (tertiary/aromatic N) is 1. The highest BCUT2D eigenvalue weighted by atomic mass is 16.6. The van der Waals surface area contributed by atoms with E-state index >= 15 is 0 Å². The summed E-state index contributed by atoms with van der Waals surface area (Å²) >= 11 is 0. The average molecular weight is 341 g/mol. The number of carbonyl (C=O) groups excluding carboxylic acids is 3. The summed E-state index contributed by atoms with van der Waals surface area (Å²) in [5, 5.41) is 0. The quantitative estimate of drug-likeness (QED) is 0.582. The summed E-state index contributed by atoms with van der Waals surface area (Å²) in [4.78, 5) is 59.3. The van der Waals surface area contributed by atoms with Crippen LogP contribution in [0, 0.1) is 0 Å². The number of aromatic nitrogens is 2. The standard InChI is InChI=1S/C13H15N3O8/c1-5(17)22-8-9(11(14)20)24-12(10(8)23-6(2)18)16-4-3-7(19)15-13(16)21/h3-4,8-10,12H,1-2H3,(H2,14,20)(H,15,19,21)/t8-,9+,10-,12-/m1/s1. The van der Waals surface area contributed by atoms with Gasteiger partial charge in [0.2, 0.25) is 0 Å². The highest BCUT2D eigenvalue weighted by Gasteiger charge is 2.52. The zero-order valence-electron chi connectivity index (χ0n) is 12.8. The molecule has 0 radical (unpaired) electrons. The Morgan fingerprint density at radius 2 is 1.75 bits per heavy atom. The molecule has 3 N–H and O–H groups in total. The minimum atomic E-state index is -1.44. The normalized spacial score (nSPS) is 25.9. The molecule has 1 aliphatic heterocycles. The summed E-state index contributed by atoms with van der Waals surface area (Å²) in [7, 11) is 0. The van der Waals surface area contributed by atoms with E-state index in [1.807, 2.05) is 4.98 Å². The summed E-state index contributed by atoms with van der Waals surface area (Å²) < 4.78 is 16.3. The van der Waals surface area contributed by atoms with Gasteiger partial charge in [-0.1, -0.05) is 0 Å². The molecular formula is C13H15N3O8. The van der Waals surface area contributed by atoms with E-state index in [1.165, 1.54) is 0 Å². The van der Waals surface area contributed by atoms with Crippen LogP contribution in [0.5, 0.6) is 0 Å². The molecule has 1 amide bonds. The van der Waals surface area contributed by atoms with E-state index in [2.05, 4.69) is 0 Å². The molecule has 11 nitrogen and oxygen atoms in total. The van der Waals surface area contributed by atoms with Crippen molar-refractivity contribution in [1.82, 2.24) is 9.55 Å². The third kappa shape index (κ3) is 3.51. The lowest BCUT2D eigenvalue weighted by molar-refractivity contribution is -0.166. The zero-order valence-corrected chi connectivity index (χ0v) is 12.8. The van der Waals surface area contributed by atoms with Crippen molar-refractivity contribution in [2.75, 3.05) is 0 Å². The van der Waals surface area contributed by atoms with Gasteiger partial charge in [-0.05, 0) is 0 Å². The van der Waals surface area contributed by atoms with Crippen molar-refractivity contribution in [2.45, 2.75) is 38.4 Å². The van der Waals surface area contributed by atoms with Crippen LogP contribution in [-0.4, -0.2) is 45.7 Å². The van der Waals surface area contributed by atoms with Crippen LogP contribution in [0.15, 0.2) is 21.9 Å². The van der Waals surface area contributed by atoms with Crippen molar-refractivity contribution >= 4 is 17.8 Å². The maximum absolute atomic E-state index is 11.9. The molecule has 130 valence electrons. The van der Waals surface area contributed by atoms with Crippen LogP contribution in [0.2, 0.25) is 0 Å². The Kier molecular flexibility index (Phi) is 4.83. The van der Waals surface area contributed by atoms with E-state index in [-0.39, 0.29) is 0 Å². The van der Waals surface area contributed by atoms with Crippen molar-refractivity contribution in [1.29, 1.82) is 0 Å². The second kappa shape index (κ2) is 6.66. The maximum Gasteiger partial charge on any atom is 0.330 e. The Bertz CT molecular complexity index is 782. The summed E-state index contributed by atoms with van der Waals surface area (Å²) in [6.07, 6.45) is -4.32. The number of rotatable bonds is 4. The number of nitrogens with one attached hydrogen (secondary N) is 1. The Hall–Kier alpha value is -2.95. The third-order valence-corrected chi connectivity index (χ3v) is 3.20. The van der Waals surface area contributed by atoms with Crippen molar-refractivity contribution < 1.29 is 28.6 Å². The Balaban J connectivity index is 2.49. The summed E-state index contributed by atoms with van der Waals surface area (Å²) in [5.74, 6) is -2.49. The molecule has 1 saturated heterocycles. The zero-order chi connectivity index (χ0) is 18.0. The van der Waals surface area contributed by atoms with Gasteiger partial charge in [0.1, 0.15) is 0 Å². The Morgan fingerprint density at radius 1 is 1.17 bits per heavy atom. The van der Waals surface area contributed by atoms with Gasteiger partial charge < -0.3 is 19.9 Å². The third-order valence-electron chi connectivity index (χ3n) is 3.20. The minimum Gasteiger partial charge on any atom is -0.455 e. The van der Waals surface area contributed by atoms with Gasteiger partial charge in [-0.2, -0.15) is 0 Å². The van der Waals surface area contributed by atoms with Crippen LogP contribution >= 0.6 is 0 Å². The molecule has 1 aromatic rings. The van der Waals surface area contributed by atoms with Gasteiger partial charge in [-0.3, -0.25) is 28.7 Å². The first-order chi connectivity index (χ1) is 11.2.